The molecule has 3 aliphatic heterocycles. The molecule has 1 aromatic rings. The number of carbonyl (C=O) groups is 2. The molecule has 3 aliphatic rings. The Morgan fingerprint density at radius 3 is 2.96 bits per heavy atom. The largest absolute Gasteiger partial charge is 0.472 e. The molecular formula is C20H29N3O4. The fraction of sp³-hybridized carbons (Fsp3) is 0.700. The molecule has 3 saturated heterocycles. The van der Waals surface area contributed by atoms with Crippen LogP contribution in [0.25, 0.3) is 0 Å². The Morgan fingerprint density at radius 1 is 1.37 bits per heavy atom. The zero-order valence-electron chi connectivity index (χ0n) is 16.1. The first kappa shape index (κ1) is 18.5. The summed E-state index contributed by atoms with van der Waals surface area (Å²) in [6.45, 7) is 7.60. The number of nitrogens with zero attached hydrogens (tertiary/aromatic N) is 1. The van der Waals surface area contributed by atoms with E-state index in [0.29, 0.717) is 43.0 Å². The molecule has 3 fully saturated rings. The van der Waals surface area contributed by atoms with Crippen molar-refractivity contribution in [2.75, 3.05) is 32.7 Å². The number of nitrogens with one attached hydrogen (secondary N) is 2. The van der Waals surface area contributed by atoms with Crippen LogP contribution in [0.1, 0.15) is 37.0 Å². The minimum Gasteiger partial charge on any atom is -0.472 e. The van der Waals surface area contributed by atoms with Crippen molar-refractivity contribution in [1.29, 1.82) is 0 Å². The lowest BCUT2D eigenvalue weighted by Gasteiger charge is -2.29. The molecule has 2 bridgehead atoms. The van der Waals surface area contributed by atoms with Crippen molar-refractivity contribution < 1.29 is 18.7 Å². The first-order chi connectivity index (χ1) is 13.0. The highest BCUT2D eigenvalue weighted by atomic mass is 16.5. The van der Waals surface area contributed by atoms with Gasteiger partial charge in [0.1, 0.15) is 6.26 Å². The fourth-order valence-corrected chi connectivity index (χ4v) is 4.96. The molecule has 0 radical (unpaired) electrons. The monoisotopic (exact) mass is 375 g/mol. The van der Waals surface area contributed by atoms with E-state index in [9.17, 15) is 9.59 Å². The van der Waals surface area contributed by atoms with Gasteiger partial charge in [-0.2, -0.15) is 0 Å². The van der Waals surface area contributed by atoms with E-state index >= 15 is 0 Å². The predicted octanol–water partition coefficient (Wildman–Crippen LogP) is 1.26. The molecule has 27 heavy (non-hydrogen) atoms. The molecule has 2 amide bonds. The number of likely N-dealkylation sites (tertiary alicyclic amines) is 1. The van der Waals surface area contributed by atoms with Gasteiger partial charge in [0.15, 0.2) is 0 Å². The van der Waals surface area contributed by atoms with E-state index < -0.39 is 0 Å². The second-order valence-electron chi connectivity index (χ2n) is 8.62. The topological polar surface area (TPSA) is 83.8 Å². The Balaban J connectivity index is 1.33. The highest BCUT2D eigenvalue weighted by Gasteiger charge is 2.62. The van der Waals surface area contributed by atoms with Crippen LogP contribution in [0.2, 0.25) is 0 Å². The molecule has 0 saturated carbocycles. The van der Waals surface area contributed by atoms with E-state index in [-0.39, 0.29) is 23.5 Å². The molecule has 7 nitrogen and oxygen atoms in total. The maximum Gasteiger partial charge on any atom is 0.254 e. The SMILES string of the molecule is CC(C)CNC(=O)CN1C[C@@H]2[C@H](CNC(=O)c3ccoc3)[C@H]3CC[C@]2(C1)O3. The molecule has 1 spiro atoms. The minimum absolute atomic E-state index is 0.0828. The van der Waals surface area contributed by atoms with Crippen molar-refractivity contribution in [3.8, 4) is 0 Å². The van der Waals surface area contributed by atoms with Crippen molar-refractivity contribution in [2.24, 2.45) is 17.8 Å². The van der Waals surface area contributed by atoms with Crippen LogP contribution >= 0.6 is 0 Å². The second-order valence-corrected chi connectivity index (χ2v) is 8.62. The third kappa shape index (κ3) is 3.62. The number of hydrogen-bond acceptors (Lipinski definition) is 5. The molecule has 1 aromatic heterocycles. The van der Waals surface area contributed by atoms with Crippen LogP contribution in [0.5, 0.6) is 0 Å². The van der Waals surface area contributed by atoms with Crippen molar-refractivity contribution in [1.82, 2.24) is 15.5 Å². The van der Waals surface area contributed by atoms with Crippen LogP contribution in [-0.2, 0) is 9.53 Å². The van der Waals surface area contributed by atoms with Gasteiger partial charge in [0, 0.05) is 38.0 Å². The van der Waals surface area contributed by atoms with E-state index in [1.54, 1.807) is 6.07 Å². The van der Waals surface area contributed by atoms with Crippen LogP contribution in [-0.4, -0.2) is 61.1 Å². The predicted molar refractivity (Wildman–Crippen MR) is 99.1 cm³/mol. The average molecular weight is 375 g/mol. The van der Waals surface area contributed by atoms with Crippen LogP contribution in [0.15, 0.2) is 23.0 Å². The number of furan rings is 1. The lowest BCUT2D eigenvalue weighted by atomic mass is 9.73. The van der Waals surface area contributed by atoms with Gasteiger partial charge in [0.2, 0.25) is 5.91 Å². The van der Waals surface area contributed by atoms with Gasteiger partial charge < -0.3 is 19.8 Å². The third-order valence-electron chi connectivity index (χ3n) is 6.21. The summed E-state index contributed by atoms with van der Waals surface area (Å²) in [5.74, 6) is 1.10. The second kappa shape index (κ2) is 7.28. The fourth-order valence-electron chi connectivity index (χ4n) is 4.96. The Labute approximate surface area is 159 Å². The molecule has 0 aromatic carbocycles. The lowest BCUT2D eigenvalue weighted by Crippen LogP contribution is -2.41. The Bertz CT molecular complexity index is 689. The van der Waals surface area contributed by atoms with Gasteiger partial charge in [0.05, 0.1) is 30.1 Å². The van der Waals surface area contributed by atoms with Gasteiger partial charge >= 0.3 is 0 Å². The zero-order chi connectivity index (χ0) is 19.0. The maximum absolute atomic E-state index is 12.2. The number of carbonyl (C=O) groups excluding carboxylic acids is 2. The molecule has 148 valence electrons. The van der Waals surface area contributed by atoms with Crippen molar-refractivity contribution >= 4 is 11.8 Å². The molecule has 4 rings (SSSR count). The maximum atomic E-state index is 12.2. The molecule has 0 unspecified atom stereocenters. The Morgan fingerprint density at radius 2 is 2.22 bits per heavy atom. The summed E-state index contributed by atoms with van der Waals surface area (Å²) in [7, 11) is 0. The van der Waals surface area contributed by atoms with E-state index in [1.165, 1.54) is 12.5 Å². The first-order valence-corrected chi connectivity index (χ1v) is 9.94. The zero-order valence-corrected chi connectivity index (χ0v) is 16.1. The van der Waals surface area contributed by atoms with Crippen molar-refractivity contribution in [2.45, 2.75) is 38.4 Å². The number of amides is 2. The number of hydrogen-bond donors (Lipinski definition) is 2. The summed E-state index contributed by atoms with van der Waals surface area (Å²) in [6, 6.07) is 1.67. The average Bonchev–Trinajstić information content (AvgIpc) is 3.38. The van der Waals surface area contributed by atoms with Crippen LogP contribution in [0, 0.1) is 17.8 Å². The van der Waals surface area contributed by atoms with E-state index in [2.05, 4.69) is 29.4 Å². The van der Waals surface area contributed by atoms with E-state index in [4.69, 9.17) is 9.15 Å². The van der Waals surface area contributed by atoms with Crippen LogP contribution in [0.3, 0.4) is 0 Å². The summed E-state index contributed by atoms with van der Waals surface area (Å²) >= 11 is 0. The quantitative estimate of drug-likeness (QED) is 0.750. The highest BCUT2D eigenvalue weighted by Crippen LogP contribution is 2.54. The molecule has 7 heteroatoms. The van der Waals surface area contributed by atoms with Gasteiger partial charge in [-0.25, -0.2) is 0 Å². The number of rotatable bonds is 7. The molecular weight excluding hydrogens is 346 g/mol. The van der Waals surface area contributed by atoms with E-state index in [1.807, 2.05) is 0 Å². The number of fused-ring (bicyclic) bond motifs is 1. The number of ether oxygens (including phenoxy) is 1. The normalized spacial score (nSPS) is 32.0. The lowest BCUT2D eigenvalue weighted by molar-refractivity contribution is -0.122. The summed E-state index contributed by atoms with van der Waals surface area (Å²) in [5.41, 5.74) is 0.414. The Hall–Kier alpha value is -1.86. The molecule has 4 atom stereocenters. The minimum atomic E-state index is -0.131. The third-order valence-corrected chi connectivity index (χ3v) is 6.21. The van der Waals surface area contributed by atoms with Gasteiger partial charge in [0.25, 0.3) is 5.91 Å². The van der Waals surface area contributed by atoms with Crippen LogP contribution in [0.4, 0.5) is 0 Å². The van der Waals surface area contributed by atoms with E-state index in [0.717, 1.165) is 25.9 Å². The van der Waals surface area contributed by atoms with Gasteiger partial charge in [-0.1, -0.05) is 13.8 Å². The Kier molecular flexibility index (Phi) is 4.99. The van der Waals surface area contributed by atoms with Crippen molar-refractivity contribution in [3.05, 3.63) is 24.2 Å². The smallest absolute Gasteiger partial charge is 0.254 e. The highest BCUT2D eigenvalue weighted by molar-refractivity contribution is 5.93. The molecule has 0 aliphatic carbocycles. The standard InChI is InChI=1S/C20H29N3O4/c1-13(2)7-21-18(24)10-23-9-16-15(17-3-5-20(16,12-23)27-17)8-22-19(25)14-4-6-26-11-14/h4,6,11,13,15-17H,3,5,7-10,12H2,1-2H3,(H,21,24)(H,22,25)/t15-,16+,17+,20+/m0/s1. The van der Waals surface area contributed by atoms with Gasteiger partial charge in [-0.15, -0.1) is 0 Å². The molecule has 2 N–H and O–H groups in total. The molecule has 4 heterocycles. The summed E-state index contributed by atoms with van der Waals surface area (Å²) in [5, 5.41) is 6.03. The van der Waals surface area contributed by atoms with Crippen molar-refractivity contribution in [3.63, 3.8) is 0 Å². The summed E-state index contributed by atoms with van der Waals surface area (Å²) < 4.78 is 11.4. The van der Waals surface area contributed by atoms with Gasteiger partial charge in [-0.05, 0) is 24.8 Å². The summed E-state index contributed by atoms with van der Waals surface area (Å²) in [6.07, 6.45) is 5.27. The summed E-state index contributed by atoms with van der Waals surface area (Å²) in [4.78, 5) is 26.6. The van der Waals surface area contributed by atoms with Crippen LogP contribution < -0.4 is 10.6 Å². The van der Waals surface area contributed by atoms with Gasteiger partial charge in [-0.3, -0.25) is 14.5 Å². The first-order valence-electron chi connectivity index (χ1n) is 9.94.